The molecule has 0 N–H and O–H groups in total. The molecule has 0 saturated heterocycles. The molecule has 0 rings (SSSR count). The van der Waals surface area contributed by atoms with Gasteiger partial charge in [0, 0.05) is 0 Å². The lowest BCUT2D eigenvalue weighted by Crippen LogP contribution is -1.96. The minimum absolute atomic E-state index is 0.927. The van der Waals surface area contributed by atoms with Crippen LogP contribution in [0.1, 0.15) is 52.4 Å². The molecule has 0 saturated carbocycles. The van der Waals surface area contributed by atoms with Gasteiger partial charge in [-0.25, -0.2) is 0 Å². The maximum absolute atomic E-state index is 4.02. The zero-order valence-corrected chi connectivity index (χ0v) is 9.31. The molecule has 0 aromatic rings. The third kappa shape index (κ3) is 6.62. The van der Waals surface area contributed by atoms with Gasteiger partial charge in [0.15, 0.2) is 0 Å². The van der Waals surface area contributed by atoms with Crippen molar-refractivity contribution in [3.8, 4) is 0 Å². The highest BCUT2D eigenvalue weighted by Crippen LogP contribution is 2.18. The van der Waals surface area contributed by atoms with Gasteiger partial charge in [-0.05, 0) is 25.2 Å². The molecule has 0 aromatic carbocycles. The molecule has 0 fully saturated rings. The second-order valence-corrected chi connectivity index (χ2v) is 3.82. The van der Waals surface area contributed by atoms with Crippen LogP contribution in [0.5, 0.6) is 0 Å². The quantitative estimate of drug-likeness (QED) is 0.474. The molecule has 0 aliphatic rings. The average molecular weight is 180 g/mol. The largest absolute Gasteiger partial charge is 0.103 e. The third-order valence-corrected chi connectivity index (χ3v) is 2.73. The summed E-state index contributed by atoms with van der Waals surface area (Å²) in [5, 5.41) is 0. The van der Waals surface area contributed by atoms with E-state index in [-0.39, 0.29) is 0 Å². The molecule has 0 nitrogen and oxygen atoms in total. The van der Waals surface area contributed by atoms with Crippen molar-refractivity contribution in [2.24, 2.45) is 5.92 Å². The number of rotatable bonds is 8. The van der Waals surface area contributed by atoms with E-state index in [2.05, 4.69) is 27.0 Å². The van der Waals surface area contributed by atoms with Crippen molar-refractivity contribution in [1.29, 1.82) is 0 Å². The van der Waals surface area contributed by atoms with E-state index in [9.17, 15) is 0 Å². The van der Waals surface area contributed by atoms with Crippen LogP contribution in [0.3, 0.4) is 0 Å². The third-order valence-electron chi connectivity index (χ3n) is 2.73. The average Bonchev–Trinajstić information content (AvgIpc) is 2.13. The van der Waals surface area contributed by atoms with E-state index in [0.29, 0.717) is 0 Å². The molecule has 0 spiro atoms. The van der Waals surface area contributed by atoms with Gasteiger partial charge in [0.25, 0.3) is 0 Å². The van der Waals surface area contributed by atoms with Crippen molar-refractivity contribution < 1.29 is 0 Å². The van der Waals surface area contributed by atoms with Crippen LogP contribution in [0.15, 0.2) is 24.8 Å². The van der Waals surface area contributed by atoms with Crippen molar-refractivity contribution >= 4 is 0 Å². The van der Waals surface area contributed by atoms with E-state index in [0.717, 1.165) is 12.3 Å². The van der Waals surface area contributed by atoms with Crippen LogP contribution >= 0.6 is 0 Å². The smallest absolute Gasteiger partial charge is 0.0144 e. The summed E-state index contributed by atoms with van der Waals surface area (Å²) in [6, 6.07) is 0. The number of hydrogen-bond donors (Lipinski definition) is 0. The van der Waals surface area contributed by atoms with Crippen LogP contribution in [0.25, 0.3) is 0 Å². The monoisotopic (exact) mass is 180 g/mol. The molecule has 0 aromatic heterocycles. The van der Waals surface area contributed by atoms with Gasteiger partial charge < -0.3 is 0 Å². The molecule has 0 atom stereocenters. The normalized spacial score (nSPS) is 10.4. The van der Waals surface area contributed by atoms with Gasteiger partial charge in [0.1, 0.15) is 0 Å². The standard InChI is InChI=1S/C13H24/c1-5-9-12(4)10-8-11-13(6-2)7-3/h5,13H,1,4,6-11H2,2-3H3. The summed E-state index contributed by atoms with van der Waals surface area (Å²) >= 11 is 0. The Labute approximate surface area is 83.7 Å². The van der Waals surface area contributed by atoms with Crippen molar-refractivity contribution in [3.63, 3.8) is 0 Å². The summed E-state index contributed by atoms with van der Waals surface area (Å²) in [6.07, 6.45) is 9.43. The predicted octanol–water partition coefficient (Wildman–Crippen LogP) is 4.73. The molecule has 0 aliphatic carbocycles. The van der Waals surface area contributed by atoms with Gasteiger partial charge in [-0.2, -0.15) is 0 Å². The molecular formula is C13H24. The van der Waals surface area contributed by atoms with Crippen LogP contribution < -0.4 is 0 Å². The lowest BCUT2D eigenvalue weighted by molar-refractivity contribution is 0.440. The first-order valence-corrected chi connectivity index (χ1v) is 5.52. The molecule has 0 bridgehead atoms. The molecule has 0 aliphatic heterocycles. The molecule has 13 heavy (non-hydrogen) atoms. The molecule has 0 radical (unpaired) electrons. The second-order valence-electron chi connectivity index (χ2n) is 3.82. The van der Waals surface area contributed by atoms with Crippen molar-refractivity contribution in [1.82, 2.24) is 0 Å². The summed E-state index contributed by atoms with van der Waals surface area (Å²) in [4.78, 5) is 0. The molecule has 0 heterocycles. The predicted molar refractivity (Wildman–Crippen MR) is 61.9 cm³/mol. The molecule has 76 valence electrons. The molecule has 0 amide bonds. The Morgan fingerprint density at radius 3 is 2.38 bits per heavy atom. The van der Waals surface area contributed by atoms with E-state index in [1.165, 1.54) is 37.7 Å². The minimum atomic E-state index is 0.927. The Morgan fingerprint density at radius 1 is 1.31 bits per heavy atom. The lowest BCUT2D eigenvalue weighted by Gasteiger charge is -2.11. The highest BCUT2D eigenvalue weighted by molar-refractivity contribution is 4.99. The summed E-state index contributed by atoms with van der Waals surface area (Å²) < 4.78 is 0. The van der Waals surface area contributed by atoms with Crippen molar-refractivity contribution in [2.75, 3.05) is 0 Å². The van der Waals surface area contributed by atoms with Gasteiger partial charge in [-0.1, -0.05) is 51.3 Å². The zero-order valence-electron chi connectivity index (χ0n) is 9.31. The van der Waals surface area contributed by atoms with E-state index in [1.54, 1.807) is 0 Å². The molecule has 0 heteroatoms. The molecular weight excluding hydrogens is 156 g/mol. The van der Waals surface area contributed by atoms with Gasteiger partial charge in [-0.3, -0.25) is 0 Å². The fourth-order valence-corrected chi connectivity index (χ4v) is 1.64. The highest BCUT2D eigenvalue weighted by Gasteiger charge is 2.02. The number of allylic oxidation sites excluding steroid dienone is 2. The van der Waals surface area contributed by atoms with Crippen LogP contribution in [0.4, 0.5) is 0 Å². The maximum Gasteiger partial charge on any atom is -0.0144 e. The van der Waals surface area contributed by atoms with E-state index < -0.39 is 0 Å². The fourth-order valence-electron chi connectivity index (χ4n) is 1.64. The Morgan fingerprint density at radius 2 is 1.92 bits per heavy atom. The SMILES string of the molecule is C=CCC(=C)CCCC(CC)CC. The summed E-state index contributed by atoms with van der Waals surface area (Å²) in [6.45, 7) is 12.3. The Bertz CT molecular complexity index is 140. The highest BCUT2D eigenvalue weighted by atomic mass is 14.1. The van der Waals surface area contributed by atoms with Gasteiger partial charge in [0.2, 0.25) is 0 Å². The van der Waals surface area contributed by atoms with Gasteiger partial charge in [-0.15, -0.1) is 6.58 Å². The van der Waals surface area contributed by atoms with Crippen LogP contribution in [0.2, 0.25) is 0 Å². The summed E-state index contributed by atoms with van der Waals surface area (Å²) in [5.74, 6) is 0.927. The van der Waals surface area contributed by atoms with Gasteiger partial charge >= 0.3 is 0 Å². The Hall–Kier alpha value is -0.520. The van der Waals surface area contributed by atoms with Crippen LogP contribution in [-0.4, -0.2) is 0 Å². The van der Waals surface area contributed by atoms with Crippen LogP contribution in [0, 0.1) is 5.92 Å². The first-order chi connectivity index (χ1) is 6.24. The number of hydrogen-bond acceptors (Lipinski definition) is 0. The Kier molecular flexibility index (Phi) is 7.77. The van der Waals surface area contributed by atoms with Crippen molar-refractivity contribution in [2.45, 2.75) is 52.4 Å². The van der Waals surface area contributed by atoms with E-state index in [1.807, 2.05) is 6.08 Å². The van der Waals surface area contributed by atoms with Crippen LogP contribution in [-0.2, 0) is 0 Å². The van der Waals surface area contributed by atoms with E-state index >= 15 is 0 Å². The van der Waals surface area contributed by atoms with Gasteiger partial charge in [0.05, 0.1) is 0 Å². The summed E-state index contributed by atoms with van der Waals surface area (Å²) in [5.41, 5.74) is 1.33. The van der Waals surface area contributed by atoms with E-state index in [4.69, 9.17) is 0 Å². The Balaban J connectivity index is 3.42. The zero-order chi connectivity index (χ0) is 10.1. The minimum Gasteiger partial charge on any atom is -0.103 e. The second kappa shape index (κ2) is 8.10. The fraction of sp³-hybridized carbons (Fsp3) is 0.692. The molecule has 0 unspecified atom stereocenters. The lowest BCUT2D eigenvalue weighted by atomic mass is 9.95. The van der Waals surface area contributed by atoms with Crippen molar-refractivity contribution in [3.05, 3.63) is 24.8 Å². The first-order valence-electron chi connectivity index (χ1n) is 5.52. The maximum atomic E-state index is 4.02. The summed E-state index contributed by atoms with van der Waals surface area (Å²) in [7, 11) is 0. The first kappa shape index (κ1) is 12.5. The topological polar surface area (TPSA) is 0 Å².